The van der Waals surface area contributed by atoms with Crippen molar-refractivity contribution in [2.45, 2.75) is 37.9 Å². The number of aliphatic carboxylic acids is 1. The number of carboxylic acids is 1. The molecule has 2 heterocycles. The molecule has 0 aliphatic carbocycles. The monoisotopic (exact) mass is 289 g/mol. The first-order chi connectivity index (χ1) is 9.25. The van der Waals surface area contributed by atoms with Crippen LogP contribution in [0.5, 0.6) is 0 Å². The lowest BCUT2D eigenvalue weighted by atomic mass is 9.89. The minimum Gasteiger partial charge on any atom is -0.480 e. The van der Waals surface area contributed by atoms with Gasteiger partial charge in [0.2, 0.25) is 5.95 Å². The van der Waals surface area contributed by atoms with Gasteiger partial charge in [-0.15, -0.1) is 0 Å². The van der Waals surface area contributed by atoms with Gasteiger partial charge in [-0.1, -0.05) is 0 Å². The van der Waals surface area contributed by atoms with E-state index in [0.717, 1.165) is 12.3 Å². The molecule has 1 aromatic rings. The van der Waals surface area contributed by atoms with Crippen LogP contribution in [0, 0.1) is 0 Å². The summed E-state index contributed by atoms with van der Waals surface area (Å²) in [5.41, 5.74) is -2.34. The first-order valence-electron chi connectivity index (χ1n) is 6.16. The van der Waals surface area contributed by atoms with Gasteiger partial charge < -0.3 is 10.0 Å². The number of aromatic nitrogens is 2. The second kappa shape index (κ2) is 4.92. The van der Waals surface area contributed by atoms with Gasteiger partial charge in [-0.25, -0.2) is 14.8 Å². The van der Waals surface area contributed by atoms with Crippen molar-refractivity contribution < 1.29 is 23.1 Å². The zero-order valence-corrected chi connectivity index (χ0v) is 10.8. The molecule has 1 fully saturated rings. The molecular formula is C12H14F3N3O2. The third-order valence-electron chi connectivity index (χ3n) is 3.53. The maximum atomic E-state index is 12.7. The number of piperidine rings is 1. The predicted octanol–water partition coefficient (Wildman–Crippen LogP) is 2.33. The summed E-state index contributed by atoms with van der Waals surface area (Å²) in [5, 5.41) is 9.34. The zero-order valence-electron chi connectivity index (χ0n) is 10.8. The summed E-state index contributed by atoms with van der Waals surface area (Å²) in [7, 11) is 0. The maximum absolute atomic E-state index is 12.7. The van der Waals surface area contributed by atoms with Gasteiger partial charge in [0.15, 0.2) is 0 Å². The zero-order chi connectivity index (χ0) is 15.0. The fraction of sp³-hybridized carbons (Fsp3) is 0.583. The van der Waals surface area contributed by atoms with Gasteiger partial charge in [0.05, 0.1) is 0 Å². The van der Waals surface area contributed by atoms with Crippen molar-refractivity contribution in [3.63, 3.8) is 0 Å². The summed E-state index contributed by atoms with van der Waals surface area (Å²) >= 11 is 0. The van der Waals surface area contributed by atoms with E-state index in [1.807, 2.05) is 0 Å². The van der Waals surface area contributed by atoms with E-state index in [2.05, 4.69) is 9.97 Å². The Hall–Kier alpha value is -1.86. The van der Waals surface area contributed by atoms with Crippen molar-refractivity contribution in [1.29, 1.82) is 0 Å². The van der Waals surface area contributed by atoms with Crippen LogP contribution in [0.1, 0.15) is 31.9 Å². The molecule has 0 aromatic carbocycles. The van der Waals surface area contributed by atoms with E-state index < -0.39 is 23.4 Å². The highest BCUT2D eigenvalue weighted by atomic mass is 19.4. The molecule has 0 amide bonds. The molecule has 1 atom stereocenters. The smallest absolute Gasteiger partial charge is 0.433 e. The fourth-order valence-electron chi connectivity index (χ4n) is 2.30. The van der Waals surface area contributed by atoms with E-state index in [1.165, 1.54) is 11.8 Å². The summed E-state index contributed by atoms with van der Waals surface area (Å²) in [4.78, 5) is 20.0. The van der Waals surface area contributed by atoms with Crippen molar-refractivity contribution in [1.82, 2.24) is 9.97 Å². The normalized spacial score (nSPS) is 23.7. The maximum Gasteiger partial charge on any atom is 0.433 e. The Morgan fingerprint density at radius 2 is 2.15 bits per heavy atom. The van der Waals surface area contributed by atoms with Gasteiger partial charge in [0.25, 0.3) is 0 Å². The van der Waals surface area contributed by atoms with Crippen molar-refractivity contribution in [3.8, 4) is 0 Å². The second-order valence-corrected chi connectivity index (χ2v) is 4.93. The minimum atomic E-state index is -4.58. The molecule has 110 valence electrons. The van der Waals surface area contributed by atoms with Crippen LogP contribution in [0.3, 0.4) is 0 Å². The molecule has 8 heteroatoms. The van der Waals surface area contributed by atoms with Crippen molar-refractivity contribution >= 4 is 11.9 Å². The van der Waals surface area contributed by atoms with Crippen LogP contribution in [0.25, 0.3) is 0 Å². The standard InChI is InChI=1S/C12H14F3N3O2/c1-11(9(19)20)5-2-3-7-18(11)10-16-6-4-8(17-10)12(13,14)15/h4,6H,2-3,5,7H2,1H3,(H,19,20). The Labute approximate surface area is 113 Å². The molecule has 1 saturated heterocycles. The van der Waals surface area contributed by atoms with E-state index in [-0.39, 0.29) is 5.95 Å². The molecule has 5 nitrogen and oxygen atoms in total. The molecular weight excluding hydrogens is 275 g/mol. The molecule has 0 spiro atoms. The van der Waals surface area contributed by atoms with Gasteiger partial charge >= 0.3 is 12.1 Å². The highest BCUT2D eigenvalue weighted by molar-refractivity contribution is 5.82. The molecule has 1 aromatic heterocycles. The summed E-state index contributed by atoms with van der Waals surface area (Å²) in [6, 6.07) is 0.769. The summed E-state index contributed by atoms with van der Waals surface area (Å²) < 4.78 is 38.0. The highest BCUT2D eigenvalue weighted by Gasteiger charge is 2.43. The lowest BCUT2D eigenvalue weighted by Crippen LogP contribution is -2.56. The van der Waals surface area contributed by atoms with Gasteiger partial charge in [-0.2, -0.15) is 13.2 Å². The first kappa shape index (κ1) is 14.5. The number of alkyl halides is 3. The van der Waals surface area contributed by atoms with Crippen LogP contribution in [-0.2, 0) is 11.0 Å². The average molecular weight is 289 g/mol. The van der Waals surface area contributed by atoms with Crippen molar-refractivity contribution in [2.75, 3.05) is 11.4 Å². The quantitative estimate of drug-likeness (QED) is 0.905. The van der Waals surface area contributed by atoms with Crippen LogP contribution in [0.15, 0.2) is 12.3 Å². The molecule has 1 aliphatic heterocycles. The van der Waals surface area contributed by atoms with Crippen LogP contribution in [0.4, 0.5) is 19.1 Å². The molecule has 0 saturated carbocycles. The lowest BCUT2D eigenvalue weighted by molar-refractivity contribution is -0.143. The number of nitrogens with zero attached hydrogens (tertiary/aromatic N) is 3. The number of rotatable bonds is 2. The second-order valence-electron chi connectivity index (χ2n) is 4.93. The molecule has 0 bridgehead atoms. The Morgan fingerprint density at radius 3 is 2.75 bits per heavy atom. The van der Waals surface area contributed by atoms with Crippen LogP contribution in [0.2, 0.25) is 0 Å². The number of anilines is 1. The van der Waals surface area contributed by atoms with Gasteiger partial charge in [-0.05, 0) is 32.3 Å². The molecule has 0 radical (unpaired) electrons. The molecule has 2 rings (SSSR count). The van der Waals surface area contributed by atoms with Crippen LogP contribution < -0.4 is 4.90 Å². The molecule has 1 aliphatic rings. The van der Waals surface area contributed by atoms with Crippen molar-refractivity contribution in [2.24, 2.45) is 0 Å². The van der Waals surface area contributed by atoms with E-state index in [0.29, 0.717) is 25.8 Å². The Bertz CT molecular complexity index is 521. The molecule has 20 heavy (non-hydrogen) atoms. The number of hydrogen-bond acceptors (Lipinski definition) is 4. The topological polar surface area (TPSA) is 66.3 Å². The molecule has 1 unspecified atom stereocenters. The first-order valence-corrected chi connectivity index (χ1v) is 6.16. The van der Waals surface area contributed by atoms with Gasteiger partial charge in [0, 0.05) is 12.7 Å². The predicted molar refractivity (Wildman–Crippen MR) is 64.3 cm³/mol. The summed E-state index contributed by atoms with van der Waals surface area (Å²) in [6.45, 7) is 1.81. The van der Waals surface area contributed by atoms with E-state index in [9.17, 15) is 23.1 Å². The van der Waals surface area contributed by atoms with Crippen LogP contribution >= 0.6 is 0 Å². The average Bonchev–Trinajstić information content (AvgIpc) is 2.38. The third kappa shape index (κ3) is 2.54. The number of carbonyl (C=O) groups is 1. The largest absolute Gasteiger partial charge is 0.480 e. The summed E-state index contributed by atoms with van der Waals surface area (Å²) in [6.07, 6.45) is -1.82. The summed E-state index contributed by atoms with van der Waals surface area (Å²) in [5.74, 6) is -1.28. The lowest BCUT2D eigenvalue weighted by Gasteiger charge is -2.41. The number of halogens is 3. The Balaban J connectivity index is 2.41. The Kier molecular flexibility index (Phi) is 3.58. The molecule has 1 N–H and O–H groups in total. The highest BCUT2D eigenvalue weighted by Crippen LogP contribution is 2.33. The van der Waals surface area contributed by atoms with Gasteiger partial charge in [-0.3, -0.25) is 0 Å². The van der Waals surface area contributed by atoms with Gasteiger partial charge in [0.1, 0.15) is 11.2 Å². The van der Waals surface area contributed by atoms with E-state index >= 15 is 0 Å². The fourth-order valence-corrected chi connectivity index (χ4v) is 2.30. The number of carboxylic acid groups (broad SMARTS) is 1. The van der Waals surface area contributed by atoms with Crippen LogP contribution in [-0.4, -0.2) is 33.1 Å². The van der Waals surface area contributed by atoms with E-state index in [4.69, 9.17) is 0 Å². The van der Waals surface area contributed by atoms with E-state index in [1.54, 1.807) is 0 Å². The Morgan fingerprint density at radius 1 is 1.45 bits per heavy atom. The third-order valence-corrected chi connectivity index (χ3v) is 3.53. The number of hydrogen-bond donors (Lipinski definition) is 1. The van der Waals surface area contributed by atoms with Crippen molar-refractivity contribution in [3.05, 3.63) is 18.0 Å². The SMILES string of the molecule is CC1(C(=O)O)CCCCN1c1nccc(C(F)(F)F)n1. The minimum absolute atomic E-state index is 0.190.